The van der Waals surface area contributed by atoms with Gasteiger partial charge >= 0.3 is 0 Å². The Hall–Kier alpha value is -1.98. The average Bonchev–Trinajstić information content (AvgIpc) is 2.57. The van der Waals surface area contributed by atoms with E-state index in [9.17, 15) is 4.79 Å². The fraction of sp³-hybridized carbons (Fsp3) is 0.400. The van der Waals surface area contributed by atoms with E-state index in [1.165, 1.54) is 0 Å². The molecule has 1 aromatic rings. The molecule has 0 fully saturated rings. The van der Waals surface area contributed by atoms with E-state index in [1.54, 1.807) is 43.0 Å². The largest absolute Gasteiger partial charge is 0.481 e. The van der Waals surface area contributed by atoms with Gasteiger partial charge in [-0.15, -0.1) is 0 Å². The van der Waals surface area contributed by atoms with Crippen molar-refractivity contribution in [1.82, 2.24) is 16.2 Å². The highest BCUT2D eigenvalue weighted by atomic mass is 32.2. The van der Waals surface area contributed by atoms with Gasteiger partial charge in [-0.25, -0.2) is 0 Å². The van der Waals surface area contributed by atoms with Crippen LogP contribution < -0.4 is 20.9 Å². The van der Waals surface area contributed by atoms with Gasteiger partial charge in [0.1, 0.15) is 5.75 Å². The Balaban J connectivity index is 2.30. The molecule has 0 bridgehead atoms. The zero-order chi connectivity index (χ0) is 17.1. The molecule has 0 saturated carbocycles. The third-order valence-corrected chi connectivity index (χ3v) is 3.72. The normalized spacial score (nSPS) is 11.0. The van der Waals surface area contributed by atoms with Crippen molar-refractivity contribution in [2.45, 2.75) is 19.4 Å². The minimum Gasteiger partial charge on any atom is -0.481 e. The quantitative estimate of drug-likeness (QED) is 0.390. The molecule has 0 heterocycles. The highest BCUT2D eigenvalue weighted by molar-refractivity contribution is 7.98. The molecule has 23 heavy (non-hydrogen) atoms. The summed E-state index contributed by atoms with van der Waals surface area (Å²) in [5.74, 6) is 1.23. The standard InChI is InChI=1S/C15H20N4O2S2/c1-11(21-13-6-4-12(10-16)5-7-13)14(20)18-19-15(22)17-8-3-9-23-2/h4-7,11H,3,8-9H2,1-2H3,(H,18,20)(H2,17,19,22)/t11-/m1/s1. The van der Waals surface area contributed by atoms with Gasteiger partial charge in [-0.2, -0.15) is 17.0 Å². The number of nitriles is 1. The van der Waals surface area contributed by atoms with E-state index in [0.29, 0.717) is 16.4 Å². The first-order valence-corrected chi connectivity index (χ1v) is 8.86. The number of thioether (sulfide) groups is 1. The van der Waals surface area contributed by atoms with Crippen LogP contribution in [-0.4, -0.2) is 35.7 Å². The van der Waals surface area contributed by atoms with Gasteiger partial charge in [-0.1, -0.05) is 0 Å². The molecule has 124 valence electrons. The molecule has 1 aromatic carbocycles. The molecule has 1 amide bonds. The van der Waals surface area contributed by atoms with Crippen LogP contribution in [0.25, 0.3) is 0 Å². The number of thiocarbonyl (C=S) groups is 1. The number of carbonyl (C=O) groups excluding carboxylic acids is 1. The Morgan fingerprint density at radius 1 is 1.39 bits per heavy atom. The maximum absolute atomic E-state index is 11.9. The Morgan fingerprint density at radius 3 is 2.70 bits per heavy atom. The Labute approximate surface area is 145 Å². The minimum atomic E-state index is -0.699. The van der Waals surface area contributed by atoms with Crippen molar-refractivity contribution >= 4 is 35.0 Å². The second kappa shape index (κ2) is 10.7. The lowest BCUT2D eigenvalue weighted by atomic mass is 10.2. The zero-order valence-electron chi connectivity index (χ0n) is 13.1. The number of nitrogens with zero attached hydrogens (tertiary/aromatic N) is 1. The van der Waals surface area contributed by atoms with Gasteiger partial charge in [0.25, 0.3) is 5.91 Å². The fourth-order valence-electron chi connectivity index (χ4n) is 1.55. The lowest BCUT2D eigenvalue weighted by molar-refractivity contribution is -0.127. The fourth-order valence-corrected chi connectivity index (χ4v) is 2.13. The molecule has 1 rings (SSSR count). The van der Waals surface area contributed by atoms with Gasteiger partial charge in [-0.3, -0.25) is 15.6 Å². The molecule has 0 aliphatic rings. The summed E-state index contributed by atoms with van der Waals surface area (Å²) < 4.78 is 5.49. The molecule has 0 aliphatic heterocycles. The Bertz CT molecular complexity index is 558. The number of rotatable bonds is 7. The average molecular weight is 352 g/mol. The minimum absolute atomic E-state index is 0.345. The van der Waals surface area contributed by atoms with Crippen molar-refractivity contribution in [3.63, 3.8) is 0 Å². The van der Waals surface area contributed by atoms with Crippen molar-refractivity contribution in [3.8, 4) is 11.8 Å². The molecular formula is C15H20N4O2S2. The van der Waals surface area contributed by atoms with E-state index in [1.807, 2.05) is 12.3 Å². The molecule has 0 unspecified atom stereocenters. The summed E-state index contributed by atoms with van der Waals surface area (Å²) in [6.45, 7) is 2.38. The van der Waals surface area contributed by atoms with Gasteiger partial charge < -0.3 is 10.1 Å². The topological polar surface area (TPSA) is 86.2 Å². The molecule has 0 aliphatic carbocycles. The summed E-state index contributed by atoms with van der Waals surface area (Å²) in [5, 5.41) is 12.1. The molecular weight excluding hydrogens is 332 g/mol. The number of benzene rings is 1. The van der Waals surface area contributed by atoms with Gasteiger partial charge in [0, 0.05) is 6.54 Å². The molecule has 6 nitrogen and oxygen atoms in total. The van der Waals surface area contributed by atoms with Crippen molar-refractivity contribution in [2.24, 2.45) is 0 Å². The molecule has 3 N–H and O–H groups in total. The van der Waals surface area contributed by atoms with E-state index in [0.717, 1.165) is 18.7 Å². The first kappa shape index (κ1) is 19.1. The number of hydrazine groups is 1. The maximum Gasteiger partial charge on any atom is 0.279 e. The van der Waals surface area contributed by atoms with Crippen LogP contribution >= 0.6 is 24.0 Å². The predicted molar refractivity (Wildman–Crippen MR) is 96.1 cm³/mol. The van der Waals surface area contributed by atoms with Gasteiger partial charge in [0.2, 0.25) is 0 Å². The first-order valence-electron chi connectivity index (χ1n) is 7.06. The van der Waals surface area contributed by atoms with Crippen molar-refractivity contribution in [2.75, 3.05) is 18.6 Å². The second-order valence-electron chi connectivity index (χ2n) is 4.61. The number of hydrogen-bond acceptors (Lipinski definition) is 5. The summed E-state index contributed by atoms with van der Waals surface area (Å²) in [6, 6.07) is 8.57. The lowest BCUT2D eigenvalue weighted by Gasteiger charge is -2.16. The van der Waals surface area contributed by atoms with Gasteiger partial charge in [-0.05, 0) is 61.8 Å². The van der Waals surface area contributed by atoms with E-state index in [2.05, 4.69) is 16.2 Å². The molecule has 0 spiro atoms. The van der Waals surface area contributed by atoms with Crippen molar-refractivity contribution < 1.29 is 9.53 Å². The third-order valence-electron chi connectivity index (χ3n) is 2.78. The van der Waals surface area contributed by atoms with Crippen molar-refractivity contribution in [3.05, 3.63) is 29.8 Å². The van der Waals surface area contributed by atoms with Crippen LogP contribution in [0.1, 0.15) is 18.9 Å². The van der Waals surface area contributed by atoms with Gasteiger partial charge in [0.05, 0.1) is 11.6 Å². The number of ether oxygens (including phenoxy) is 1. The summed E-state index contributed by atoms with van der Waals surface area (Å²) >= 11 is 6.82. The van der Waals surface area contributed by atoms with Crippen LogP contribution in [0.3, 0.4) is 0 Å². The highest BCUT2D eigenvalue weighted by Gasteiger charge is 2.14. The molecule has 0 aromatic heterocycles. The summed E-state index contributed by atoms with van der Waals surface area (Å²) in [5.41, 5.74) is 5.66. The van der Waals surface area contributed by atoms with E-state index >= 15 is 0 Å². The summed E-state index contributed by atoms with van der Waals surface area (Å²) in [4.78, 5) is 11.9. The highest BCUT2D eigenvalue weighted by Crippen LogP contribution is 2.13. The summed E-state index contributed by atoms with van der Waals surface area (Å²) in [7, 11) is 0. The SMILES string of the molecule is CSCCCNC(=S)NNC(=O)[C@@H](C)Oc1ccc(C#N)cc1. The lowest BCUT2D eigenvalue weighted by Crippen LogP contribution is -2.50. The molecule has 0 radical (unpaired) electrons. The molecule has 8 heteroatoms. The zero-order valence-corrected chi connectivity index (χ0v) is 14.7. The van der Waals surface area contributed by atoms with Crippen LogP contribution in [0.15, 0.2) is 24.3 Å². The van der Waals surface area contributed by atoms with Crippen molar-refractivity contribution in [1.29, 1.82) is 5.26 Å². The number of hydrogen-bond donors (Lipinski definition) is 3. The summed E-state index contributed by atoms with van der Waals surface area (Å²) in [6.07, 6.45) is 2.34. The first-order chi connectivity index (χ1) is 11.1. The monoisotopic (exact) mass is 352 g/mol. The molecule has 1 atom stereocenters. The van der Waals surface area contributed by atoms with Crippen LogP contribution in [0.4, 0.5) is 0 Å². The van der Waals surface area contributed by atoms with E-state index in [4.69, 9.17) is 22.2 Å². The Kier molecular flexibility index (Phi) is 8.87. The number of nitrogens with one attached hydrogen (secondary N) is 3. The van der Waals surface area contributed by atoms with Crippen LogP contribution in [-0.2, 0) is 4.79 Å². The Morgan fingerprint density at radius 2 is 2.09 bits per heavy atom. The second-order valence-corrected chi connectivity index (χ2v) is 6.01. The smallest absolute Gasteiger partial charge is 0.279 e. The van der Waals surface area contributed by atoms with E-state index in [-0.39, 0.29) is 5.91 Å². The number of amides is 1. The van der Waals surface area contributed by atoms with Crippen LogP contribution in [0.5, 0.6) is 5.75 Å². The number of carbonyl (C=O) groups is 1. The van der Waals surface area contributed by atoms with Gasteiger partial charge in [0.15, 0.2) is 11.2 Å². The maximum atomic E-state index is 11.9. The van der Waals surface area contributed by atoms with E-state index < -0.39 is 6.10 Å². The molecule has 0 saturated heterocycles. The predicted octanol–water partition coefficient (Wildman–Crippen LogP) is 1.57. The third kappa shape index (κ3) is 7.72. The van der Waals surface area contributed by atoms with Crippen LogP contribution in [0, 0.1) is 11.3 Å². The van der Waals surface area contributed by atoms with Crippen LogP contribution in [0.2, 0.25) is 0 Å².